The molecular formula is C17H20N2. The van der Waals surface area contributed by atoms with Crippen LogP contribution in [0.5, 0.6) is 0 Å². The molecule has 3 rings (SSSR count). The molecule has 2 aromatic rings. The molecule has 2 unspecified atom stereocenters. The van der Waals surface area contributed by atoms with Crippen molar-refractivity contribution >= 4 is 5.69 Å². The Morgan fingerprint density at radius 3 is 2.11 bits per heavy atom. The Labute approximate surface area is 115 Å². The first kappa shape index (κ1) is 12.2. The number of likely N-dealkylation sites (N-methyl/N-ethyl adjacent to an activating group) is 1. The number of anilines is 1. The van der Waals surface area contributed by atoms with Crippen molar-refractivity contribution in [2.45, 2.75) is 19.1 Å². The summed E-state index contributed by atoms with van der Waals surface area (Å²) >= 11 is 0. The molecule has 0 N–H and O–H groups in total. The molecule has 1 heterocycles. The van der Waals surface area contributed by atoms with Crippen LogP contribution in [0, 0.1) is 0 Å². The summed E-state index contributed by atoms with van der Waals surface area (Å²) in [5.74, 6) is 0. The minimum absolute atomic E-state index is 0.424. The van der Waals surface area contributed by atoms with Crippen molar-refractivity contribution in [1.82, 2.24) is 4.90 Å². The third-order valence-corrected chi connectivity index (χ3v) is 4.08. The Bertz CT molecular complexity index is 523. The third kappa shape index (κ3) is 2.24. The van der Waals surface area contributed by atoms with E-state index >= 15 is 0 Å². The molecule has 1 saturated heterocycles. The van der Waals surface area contributed by atoms with Gasteiger partial charge in [-0.2, -0.15) is 0 Å². The Balaban J connectivity index is 1.99. The molecule has 2 nitrogen and oxygen atoms in total. The third-order valence-electron chi connectivity index (χ3n) is 4.08. The molecule has 0 aromatic heterocycles. The molecule has 0 bridgehead atoms. The fourth-order valence-corrected chi connectivity index (χ4v) is 2.92. The number of nitrogens with zero attached hydrogens (tertiary/aromatic N) is 2. The lowest BCUT2D eigenvalue weighted by Crippen LogP contribution is -2.34. The molecular weight excluding hydrogens is 232 g/mol. The maximum atomic E-state index is 2.51. The first-order valence-electron chi connectivity index (χ1n) is 6.86. The molecule has 0 amide bonds. The van der Waals surface area contributed by atoms with Gasteiger partial charge in [-0.1, -0.05) is 48.5 Å². The Morgan fingerprint density at radius 1 is 0.895 bits per heavy atom. The number of para-hydroxylation sites is 1. The van der Waals surface area contributed by atoms with Crippen LogP contribution in [0.1, 0.15) is 18.5 Å². The van der Waals surface area contributed by atoms with E-state index in [9.17, 15) is 0 Å². The van der Waals surface area contributed by atoms with Crippen LogP contribution in [0.2, 0.25) is 0 Å². The van der Waals surface area contributed by atoms with Crippen LogP contribution in [-0.4, -0.2) is 24.7 Å². The maximum Gasteiger partial charge on any atom is 0.0797 e. The van der Waals surface area contributed by atoms with Crippen molar-refractivity contribution < 1.29 is 0 Å². The van der Waals surface area contributed by atoms with Gasteiger partial charge in [0.25, 0.3) is 0 Å². The van der Waals surface area contributed by atoms with Crippen LogP contribution in [0.25, 0.3) is 0 Å². The first-order valence-corrected chi connectivity index (χ1v) is 6.86. The van der Waals surface area contributed by atoms with E-state index in [0.717, 1.165) is 6.54 Å². The second-order valence-corrected chi connectivity index (χ2v) is 5.24. The Hall–Kier alpha value is -1.80. The fourth-order valence-electron chi connectivity index (χ4n) is 2.92. The lowest BCUT2D eigenvalue weighted by atomic mass is 10.1. The average Bonchev–Trinajstić information content (AvgIpc) is 2.77. The van der Waals surface area contributed by atoms with Crippen LogP contribution in [0.3, 0.4) is 0 Å². The molecule has 0 radical (unpaired) electrons. The van der Waals surface area contributed by atoms with Crippen LogP contribution in [0.15, 0.2) is 60.7 Å². The highest BCUT2D eigenvalue weighted by atomic mass is 15.4. The number of benzene rings is 2. The lowest BCUT2D eigenvalue weighted by molar-refractivity contribution is 0.329. The SMILES string of the molecule is CC1N(C)CC(c2ccccc2)N1c1ccccc1. The van der Waals surface area contributed by atoms with Crippen molar-refractivity contribution in [3.63, 3.8) is 0 Å². The highest BCUT2D eigenvalue weighted by Gasteiger charge is 2.35. The van der Waals surface area contributed by atoms with E-state index < -0.39 is 0 Å². The zero-order valence-electron chi connectivity index (χ0n) is 11.5. The smallest absolute Gasteiger partial charge is 0.0797 e. The monoisotopic (exact) mass is 252 g/mol. The van der Waals surface area contributed by atoms with Gasteiger partial charge in [0.1, 0.15) is 0 Å². The van der Waals surface area contributed by atoms with Gasteiger partial charge in [0.2, 0.25) is 0 Å². The average molecular weight is 252 g/mol. The van der Waals surface area contributed by atoms with Gasteiger partial charge in [-0.3, -0.25) is 4.90 Å². The van der Waals surface area contributed by atoms with E-state index in [-0.39, 0.29) is 0 Å². The zero-order valence-corrected chi connectivity index (χ0v) is 11.5. The first-order chi connectivity index (χ1) is 9.27. The van der Waals surface area contributed by atoms with Crippen molar-refractivity contribution in [3.05, 3.63) is 66.2 Å². The van der Waals surface area contributed by atoms with E-state index in [4.69, 9.17) is 0 Å². The summed E-state index contributed by atoms with van der Waals surface area (Å²) in [6.45, 7) is 3.34. The van der Waals surface area contributed by atoms with Gasteiger partial charge in [-0.25, -0.2) is 0 Å². The summed E-state index contributed by atoms with van der Waals surface area (Å²) in [5, 5.41) is 0. The van der Waals surface area contributed by atoms with Gasteiger partial charge in [0.05, 0.1) is 12.2 Å². The van der Waals surface area contributed by atoms with E-state index in [0.29, 0.717) is 12.2 Å². The van der Waals surface area contributed by atoms with E-state index in [1.165, 1.54) is 11.3 Å². The largest absolute Gasteiger partial charge is 0.348 e. The van der Waals surface area contributed by atoms with Crippen LogP contribution in [0.4, 0.5) is 5.69 Å². The second kappa shape index (κ2) is 5.06. The van der Waals surface area contributed by atoms with Gasteiger partial charge in [0.15, 0.2) is 0 Å². The molecule has 0 saturated carbocycles. The molecule has 0 aliphatic carbocycles. The molecule has 1 aliphatic heterocycles. The van der Waals surface area contributed by atoms with Crippen molar-refractivity contribution in [2.75, 3.05) is 18.5 Å². The highest BCUT2D eigenvalue weighted by molar-refractivity contribution is 5.51. The quantitative estimate of drug-likeness (QED) is 0.807. The number of hydrogen-bond donors (Lipinski definition) is 0. The van der Waals surface area contributed by atoms with E-state index in [2.05, 4.69) is 84.4 Å². The Kier molecular flexibility index (Phi) is 3.26. The Morgan fingerprint density at radius 2 is 1.47 bits per heavy atom. The fraction of sp³-hybridized carbons (Fsp3) is 0.294. The van der Waals surface area contributed by atoms with Crippen molar-refractivity contribution in [3.8, 4) is 0 Å². The summed E-state index contributed by atoms with van der Waals surface area (Å²) in [6.07, 6.45) is 0.424. The summed E-state index contributed by atoms with van der Waals surface area (Å²) in [6, 6.07) is 21.9. The minimum Gasteiger partial charge on any atom is -0.348 e. The summed E-state index contributed by atoms with van der Waals surface area (Å²) in [7, 11) is 2.20. The molecule has 1 aliphatic rings. The number of rotatable bonds is 2. The lowest BCUT2D eigenvalue weighted by Gasteiger charge is -2.31. The van der Waals surface area contributed by atoms with Crippen molar-refractivity contribution in [1.29, 1.82) is 0 Å². The molecule has 2 heteroatoms. The second-order valence-electron chi connectivity index (χ2n) is 5.24. The normalized spacial score (nSPS) is 23.8. The topological polar surface area (TPSA) is 6.48 Å². The van der Waals surface area contributed by atoms with Crippen molar-refractivity contribution in [2.24, 2.45) is 0 Å². The molecule has 19 heavy (non-hydrogen) atoms. The predicted molar refractivity (Wildman–Crippen MR) is 80.2 cm³/mol. The van der Waals surface area contributed by atoms with Gasteiger partial charge in [-0.05, 0) is 31.7 Å². The standard InChI is InChI=1S/C17H20N2/c1-14-18(2)13-17(15-9-5-3-6-10-15)19(14)16-11-7-4-8-12-16/h3-12,14,17H,13H2,1-2H3. The van der Waals surface area contributed by atoms with Gasteiger partial charge in [0, 0.05) is 12.2 Å². The van der Waals surface area contributed by atoms with E-state index in [1.54, 1.807) is 0 Å². The van der Waals surface area contributed by atoms with Gasteiger partial charge in [-0.15, -0.1) is 0 Å². The summed E-state index contributed by atoms with van der Waals surface area (Å²) < 4.78 is 0. The molecule has 2 aromatic carbocycles. The van der Waals surface area contributed by atoms with Crippen LogP contribution >= 0.6 is 0 Å². The predicted octanol–water partition coefficient (Wildman–Crippen LogP) is 3.53. The van der Waals surface area contributed by atoms with Crippen LogP contribution in [-0.2, 0) is 0 Å². The van der Waals surface area contributed by atoms with Gasteiger partial charge < -0.3 is 4.90 Å². The zero-order chi connectivity index (χ0) is 13.2. The maximum absolute atomic E-state index is 2.51. The minimum atomic E-state index is 0.424. The molecule has 2 atom stereocenters. The van der Waals surface area contributed by atoms with Gasteiger partial charge >= 0.3 is 0 Å². The molecule has 1 fully saturated rings. The van der Waals surface area contributed by atoms with E-state index in [1.807, 2.05) is 0 Å². The molecule has 0 spiro atoms. The summed E-state index contributed by atoms with van der Waals surface area (Å²) in [5.41, 5.74) is 2.69. The van der Waals surface area contributed by atoms with Crippen LogP contribution < -0.4 is 4.90 Å². The summed E-state index contributed by atoms with van der Waals surface area (Å²) in [4.78, 5) is 4.92. The number of hydrogen-bond acceptors (Lipinski definition) is 2. The highest BCUT2D eigenvalue weighted by Crippen LogP contribution is 2.35. The molecule has 98 valence electrons.